The number of hydrogen-bond acceptors (Lipinski definition) is 6. The fourth-order valence-corrected chi connectivity index (χ4v) is 5.18. The standard InChI is InChI=1S/C16H16N4S3/c1-16(2,3)13-17-10(8-21-13)9-22-14-18-19-15-20(14)11-6-4-5-7-12(11)23-15/h4-8H,9H2,1-3H3. The second-order valence-electron chi connectivity index (χ2n) is 6.35. The van der Waals surface area contributed by atoms with E-state index in [2.05, 4.69) is 65.0 Å². The molecule has 23 heavy (non-hydrogen) atoms. The number of hydrogen-bond donors (Lipinski definition) is 0. The van der Waals surface area contributed by atoms with Gasteiger partial charge in [0.15, 0.2) is 5.16 Å². The van der Waals surface area contributed by atoms with Crippen LogP contribution >= 0.6 is 34.4 Å². The molecule has 3 aromatic heterocycles. The molecule has 0 bridgehead atoms. The molecule has 4 aromatic rings. The van der Waals surface area contributed by atoms with E-state index in [1.165, 1.54) is 15.2 Å². The average molecular weight is 361 g/mol. The van der Waals surface area contributed by atoms with Crippen LogP contribution in [0.25, 0.3) is 15.2 Å². The SMILES string of the molecule is CC(C)(C)c1nc(CSc2nnc3sc4ccccc4n23)cs1. The number of aromatic nitrogens is 4. The molecule has 0 N–H and O–H groups in total. The lowest BCUT2D eigenvalue weighted by Crippen LogP contribution is -2.10. The Morgan fingerprint density at radius 3 is 2.78 bits per heavy atom. The van der Waals surface area contributed by atoms with Crippen molar-refractivity contribution in [2.24, 2.45) is 0 Å². The Balaban J connectivity index is 1.62. The smallest absolute Gasteiger partial charge is 0.217 e. The molecule has 118 valence electrons. The largest absolute Gasteiger partial charge is 0.260 e. The monoisotopic (exact) mass is 360 g/mol. The third-order valence-electron chi connectivity index (χ3n) is 3.45. The van der Waals surface area contributed by atoms with E-state index < -0.39 is 0 Å². The Bertz CT molecular complexity index is 974. The third-order valence-corrected chi connectivity index (χ3v) is 6.74. The molecule has 7 heteroatoms. The normalized spacial score (nSPS) is 12.5. The minimum absolute atomic E-state index is 0.110. The summed E-state index contributed by atoms with van der Waals surface area (Å²) in [6, 6.07) is 8.35. The Morgan fingerprint density at radius 2 is 2.00 bits per heavy atom. The van der Waals surface area contributed by atoms with Crippen LogP contribution in [0.15, 0.2) is 34.8 Å². The van der Waals surface area contributed by atoms with E-state index in [-0.39, 0.29) is 5.41 Å². The number of para-hydroxylation sites is 1. The van der Waals surface area contributed by atoms with Gasteiger partial charge in [0.25, 0.3) is 0 Å². The molecule has 4 nitrogen and oxygen atoms in total. The first-order valence-corrected chi connectivity index (χ1v) is 10.0. The van der Waals surface area contributed by atoms with Crippen molar-refractivity contribution in [1.29, 1.82) is 0 Å². The van der Waals surface area contributed by atoms with Crippen molar-refractivity contribution in [2.45, 2.75) is 37.1 Å². The van der Waals surface area contributed by atoms with Crippen molar-refractivity contribution in [2.75, 3.05) is 0 Å². The minimum Gasteiger partial charge on any atom is -0.260 e. The summed E-state index contributed by atoms with van der Waals surface area (Å²) in [5.74, 6) is 0.817. The van der Waals surface area contributed by atoms with Crippen molar-refractivity contribution in [1.82, 2.24) is 19.6 Å². The van der Waals surface area contributed by atoms with Gasteiger partial charge in [0.05, 0.1) is 20.9 Å². The minimum atomic E-state index is 0.110. The molecular weight excluding hydrogens is 344 g/mol. The number of rotatable bonds is 3. The summed E-state index contributed by atoms with van der Waals surface area (Å²) in [5, 5.41) is 12.9. The summed E-state index contributed by atoms with van der Waals surface area (Å²) in [6.45, 7) is 6.59. The second kappa shape index (κ2) is 5.58. The average Bonchev–Trinajstić information content (AvgIpc) is 3.19. The van der Waals surface area contributed by atoms with Crippen molar-refractivity contribution in [3.05, 3.63) is 40.3 Å². The highest BCUT2D eigenvalue weighted by Crippen LogP contribution is 2.32. The van der Waals surface area contributed by atoms with E-state index in [0.29, 0.717) is 0 Å². The van der Waals surface area contributed by atoms with E-state index in [1.807, 2.05) is 0 Å². The van der Waals surface area contributed by atoms with Gasteiger partial charge in [-0.25, -0.2) is 4.98 Å². The molecule has 4 rings (SSSR count). The molecule has 0 saturated carbocycles. The van der Waals surface area contributed by atoms with E-state index >= 15 is 0 Å². The summed E-state index contributed by atoms with van der Waals surface area (Å²) >= 11 is 5.10. The van der Waals surface area contributed by atoms with E-state index in [9.17, 15) is 0 Å². The third kappa shape index (κ3) is 2.77. The zero-order valence-corrected chi connectivity index (χ0v) is 15.6. The lowest BCUT2D eigenvalue weighted by molar-refractivity contribution is 0.584. The van der Waals surface area contributed by atoms with Gasteiger partial charge >= 0.3 is 0 Å². The maximum atomic E-state index is 4.75. The lowest BCUT2D eigenvalue weighted by atomic mass is 9.98. The van der Waals surface area contributed by atoms with Gasteiger partial charge < -0.3 is 0 Å². The number of thioether (sulfide) groups is 1. The quantitative estimate of drug-likeness (QED) is 0.483. The van der Waals surface area contributed by atoms with Crippen LogP contribution in [0.4, 0.5) is 0 Å². The zero-order chi connectivity index (χ0) is 16.0. The highest BCUT2D eigenvalue weighted by atomic mass is 32.2. The molecule has 3 heterocycles. The van der Waals surface area contributed by atoms with Crippen LogP contribution in [-0.2, 0) is 11.2 Å². The van der Waals surface area contributed by atoms with Crippen LogP contribution in [0, 0.1) is 0 Å². The molecule has 1 aromatic carbocycles. The first-order chi connectivity index (χ1) is 11.0. The Hall–Kier alpha value is -1.44. The fraction of sp³-hybridized carbons (Fsp3) is 0.312. The van der Waals surface area contributed by atoms with Crippen LogP contribution < -0.4 is 0 Å². The van der Waals surface area contributed by atoms with Gasteiger partial charge in [-0.15, -0.1) is 21.5 Å². The Morgan fingerprint density at radius 1 is 1.17 bits per heavy atom. The molecule has 0 unspecified atom stereocenters. The summed E-state index contributed by atoms with van der Waals surface area (Å²) in [7, 11) is 0. The van der Waals surface area contributed by atoms with Crippen molar-refractivity contribution in [3.8, 4) is 0 Å². The maximum Gasteiger partial charge on any atom is 0.217 e. The molecule has 0 aliphatic carbocycles. The van der Waals surface area contributed by atoms with Gasteiger partial charge in [0, 0.05) is 16.5 Å². The fourth-order valence-electron chi connectivity index (χ4n) is 2.31. The van der Waals surface area contributed by atoms with E-state index in [1.54, 1.807) is 34.4 Å². The van der Waals surface area contributed by atoms with E-state index in [0.717, 1.165) is 21.6 Å². The summed E-state index contributed by atoms with van der Waals surface area (Å²) < 4.78 is 3.38. The molecule has 0 spiro atoms. The number of thiazole rings is 2. The molecule has 0 amide bonds. The molecular formula is C16H16N4S3. The van der Waals surface area contributed by atoms with Gasteiger partial charge in [-0.05, 0) is 12.1 Å². The first kappa shape index (κ1) is 15.1. The summed E-state index contributed by atoms with van der Waals surface area (Å²) in [6.07, 6.45) is 0. The van der Waals surface area contributed by atoms with Crippen molar-refractivity contribution in [3.63, 3.8) is 0 Å². The molecule has 0 saturated heterocycles. The van der Waals surface area contributed by atoms with Crippen LogP contribution in [0.5, 0.6) is 0 Å². The van der Waals surface area contributed by atoms with Gasteiger partial charge in [0.1, 0.15) is 0 Å². The van der Waals surface area contributed by atoms with Crippen LogP contribution in [-0.4, -0.2) is 19.6 Å². The summed E-state index contributed by atoms with van der Waals surface area (Å²) in [5.41, 5.74) is 2.40. The molecule has 0 fully saturated rings. The van der Waals surface area contributed by atoms with Crippen molar-refractivity contribution < 1.29 is 0 Å². The van der Waals surface area contributed by atoms with Crippen LogP contribution in [0.3, 0.4) is 0 Å². The van der Waals surface area contributed by atoms with Gasteiger partial charge in [-0.2, -0.15) is 0 Å². The molecule has 0 aliphatic heterocycles. The maximum absolute atomic E-state index is 4.75. The van der Waals surface area contributed by atoms with Crippen LogP contribution in [0.2, 0.25) is 0 Å². The molecule has 0 atom stereocenters. The summed E-state index contributed by atoms with van der Waals surface area (Å²) in [4.78, 5) is 5.70. The lowest BCUT2D eigenvalue weighted by Gasteiger charge is -2.13. The highest BCUT2D eigenvalue weighted by Gasteiger charge is 2.18. The Kier molecular flexibility index (Phi) is 3.66. The number of fused-ring (bicyclic) bond motifs is 3. The van der Waals surface area contributed by atoms with Gasteiger partial charge in [0.2, 0.25) is 4.96 Å². The van der Waals surface area contributed by atoms with E-state index in [4.69, 9.17) is 4.98 Å². The van der Waals surface area contributed by atoms with Gasteiger partial charge in [-0.1, -0.05) is 56.0 Å². The Labute approximate surface area is 146 Å². The molecule has 0 radical (unpaired) electrons. The molecule has 0 aliphatic rings. The topological polar surface area (TPSA) is 43.1 Å². The highest BCUT2D eigenvalue weighted by molar-refractivity contribution is 7.98. The predicted octanol–water partition coefficient (Wildman–Crippen LogP) is 4.99. The van der Waals surface area contributed by atoms with Crippen molar-refractivity contribution >= 4 is 49.6 Å². The first-order valence-electron chi connectivity index (χ1n) is 7.33. The van der Waals surface area contributed by atoms with Crippen LogP contribution in [0.1, 0.15) is 31.5 Å². The van der Waals surface area contributed by atoms with Gasteiger partial charge in [-0.3, -0.25) is 4.40 Å². The number of nitrogens with zero attached hydrogens (tertiary/aromatic N) is 4. The number of benzene rings is 1. The second-order valence-corrected chi connectivity index (χ2v) is 9.16. The predicted molar refractivity (Wildman–Crippen MR) is 98.7 cm³/mol. The zero-order valence-electron chi connectivity index (χ0n) is 13.1.